The lowest BCUT2D eigenvalue weighted by Gasteiger charge is -2.37. The molecule has 2 heterocycles. The summed E-state index contributed by atoms with van der Waals surface area (Å²) < 4.78 is 22.4. The molecule has 0 aromatic heterocycles. The van der Waals surface area contributed by atoms with Gasteiger partial charge in [-0.2, -0.15) is 0 Å². The quantitative estimate of drug-likeness (QED) is 0.825. The maximum Gasteiger partial charge on any atom is 0.231 e. The third kappa shape index (κ3) is 3.38. The molecule has 2 aromatic rings. The molecule has 6 heteroatoms. The van der Waals surface area contributed by atoms with Crippen LogP contribution in [0, 0.1) is 0 Å². The summed E-state index contributed by atoms with van der Waals surface area (Å²) in [6, 6.07) is 9.93. The number of aliphatic hydroxyl groups is 1. The van der Waals surface area contributed by atoms with Gasteiger partial charge in [-0.1, -0.05) is 18.2 Å². The van der Waals surface area contributed by atoms with Gasteiger partial charge in [-0.25, -0.2) is 0 Å². The second-order valence-corrected chi connectivity index (χ2v) is 7.37. The van der Waals surface area contributed by atoms with E-state index < -0.39 is 6.10 Å². The number of likely N-dealkylation sites (N-methyl/N-ethyl adjacent to an activating group) is 1. The number of fused-ring (bicyclic) bond motifs is 2. The predicted molar refractivity (Wildman–Crippen MR) is 106 cm³/mol. The number of aliphatic hydroxyl groups excluding tert-OH is 1. The molecule has 2 atom stereocenters. The number of rotatable bonds is 6. The van der Waals surface area contributed by atoms with Gasteiger partial charge in [-0.15, -0.1) is 0 Å². The molecule has 0 amide bonds. The Morgan fingerprint density at radius 3 is 2.82 bits per heavy atom. The number of ether oxygens (including phenoxy) is 4. The number of hydrogen-bond acceptors (Lipinski definition) is 6. The minimum Gasteiger partial charge on any atom is -0.496 e. The molecule has 0 spiro atoms. The van der Waals surface area contributed by atoms with E-state index in [0.29, 0.717) is 18.6 Å². The molecule has 2 aliphatic heterocycles. The van der Waals surface area contributed by atoms with Crippen LogP contribution in [-0.2, 0) is 12.8 Å². The fourth-order valence-electron chi connectivity index (χ4n) is 4.29. The number of nitrogens with zero attached hydrogens (tertiary/aromatic N) is 1. The van der Waals surface area contributed by atoms with Crippen LogP contribution < -0.4 is 18.9 Å². The lowest BCUT2D eigenvalue weighted by atomic mass is 9.87. The van der Waals surface area contributed by atoms with E-state index in [1.165, 1.54) is 5.56 Å². The van der Waals surface area contributed by atoms with Gasteiger partial charge in [0.05, 0.1) is 20.3 Å². The molecule has 0 radical (unpaired) electrons. The lowest BCUT2D eigenvalue weighted by molar-refractivity contribution is 0.107. The van der Waals surface area contributed by atoms with Crippen LogP contribution in [0.3, 0.4) is 0 Å². The van der Waals surface area contributed by atoms with Crippen molar-refractivity contribution in [2.24, 2.45) is 0 Å². The summed E-state index contributed by atoms with van der Waals surface area (Å²) >= 11 is 0. The summed E-state index contributed by atoms with van der Waals surface area (Å²) in [6.07, 6.45) is 1.54. The Balaban J connectivity index is 1.62. The largest absolute Gasteiger partial charge is 0.496 e. The van der Waals surface area contributed by atoms with Crippen molar-refractivity contribution >= 4 is 0 Å². The van der Waals surface area contributed by atoms with Crippen LogP contribution in [0.5, 0.6) is 23.0 Å². The Hall–Kier alpha value is -2.44. The third-order valence-corrected chi connectivity index (χ3v) is 5.69. The maximum absolute atomic E-state index is 10.9. The van der Waals surface area contributed by atoms with Gasteiger partial charge in [0.2, 0.25) is 12.5 Å². The highest BCUT2D eigenvalue weighted by atomic mass is 16.7. The van der Waals surface area contributed by atoms with Crippen LogP contribution in [0.4, 0.5) is 0 Å². The zero-order valence-corrected chi connectivity index (χ0v) is 16.6. The highest BCUT2D eigenvalue weighted by Gasteiger charge is 2.35. The Bertz CT molecular complexity index is 853. The molecule has 0 saturated heterocycles. The average molecular weight is 385 g/mol. The molecular formula is C22H27NO5. The number of methoxy groups -OCH3 is 2. The Morgan fingerprint density at radius 1 is 1.21 bits per heavy atom. The second-order valence-electron chi connectivity index (χ2n) is 7.37. The van der Waals surface area contributed by atoms with Gasteiger partial charge in [-0.05, 0) is 43.1 Å². The summed E-state index contributed by atoms with van der Waals surface area (Å²) in [5.41, 5.74) is 3.31. The van der Waals surface area contributed by atoms with Crippen molar-refractivity contribution < 1.29 is 24.1 Å². The first-order valence-corrected chi connectivity index (χ1v) is 9.62. The first kappa shape index (κ1) is 18.9. The fraction of sp³-hybridized carbons (Fsp3) is 0.455. The molecule has 1 N–H and O–H groups in total. The summed E-state index contributed by atoms with van der Waals surface area (Å²) in [5.74, 6) is 2.94. The molecule has 0 bridgehead atoms. The molecule has 28 heavy (non-hydrogen) atoms. The van der Waals surface area contributed by atoms with Gasteiger partial charge < -0.3 is 24.1 Å². The van der Waals surface area contributed by atoms with Gasteiger partial charge in [0.15, 0.2) is 11.5 Å². The minimum absolute atomic E-state index is 0.0397. The molecule has 0 fully saturated rings. The summed E-state index contributed by atoms with van der Waals surface area (Å²) in [7, 11) is 5.41. The van der Waals surface area contributed by atoms with Crippen LogP contribution in [0.15, 0.2) is 30.3 Å². The van der Waals surface area contributed by atoms with Crippen molar-refractivity contribution in [3.05, 3.63) is 47.0 Å². The van der Waals surface area contributed by atoms with Crippen molar-refractivity contribution in [2.45, 2.75) is 31.4 Å². The summed E-state index contributed by atoms with van der Waals surface area (Å²) in [5, 5.41) is 10.9. The van der Waals surface area contributed by atoms with E-state index in [1.54, 1.807) is 14.2 Å². The van der Waals surface area contributed by atoms with Crippen molar-refractivity contribution in [3.8, 4) is 23.0 Å². The van der Waals surface area contributed by atoms with Crippen LogP contribution in [0.2, 0.25) is 0 Å². The Labute approximate surface area is 165 Å². The van der Waals surface area contributed by atoms with Gasteiger partial charge in [-0.3, -0.25) is 4.90 Å². The van der Waals surface area contributed by atoms with Crippen LogP contribution >= 0.6 is 0 Å². The summed E-state index contributed by atoms with van der Waals surface area (Å²) in [4.78, 5) is 2.28. The monoisotopic (exact) mass is 385 g/mol. The van der Waals surface area contributed by atoms with Crippen LogP contribution in [0.1, 0.15) is 29.2 Å². The first-order valence-electron chi connectivity index (χ1n) is 9.62. The molecule has 0 aliphatic carbocycles. The Kier molecular flexibility index (Phi) is 5.33. The summed E-state index contributed by atoms with van der Waals surface area (Å²) in [6.45, 7) is 1.13. The highest BCUT2D eigenvalue weighted by molar-refractivity contribution is 5.61. The van der Waals surface area contributed by atoms with E-state index in [-0.39, 0.29) is 12.8 Å². The number of benzene rings is 2. The van der Waals surface area contributed by atoms with E-state index in [2.05, 4.69) is 18.0 Å². The van der Waals surface area contributed by atoms with E-state index in [0.717, 1.165) is 41.3 Å². The predicted octanol–water partition coefficient (Wildman–Crippen LogP) is 2.96. The second kappa shape index (κ2) is 7.89. The van der Waals surface area contributed by atoms with Gasteiger partial charge in [0, 0.05) is 24.6 Å². The SMILES string of the molecule is COc1ccccc1C[C@@H](O)C[C@@H]1c2c(cc3c(c2OC)OCO3)CCN1C. The number of hydrogen-bond donors (Lipinski definition) is 1. The molecule has 0 saturated carbocycles. The smallest absolute Gasteiger partial charge is 0.231 e. The fourth-order valence-corrected chi connectivity index (χ4v) is 4.29. The standard InChI is InChI=1S/C22H27NO5/c1-23-9-8-15-11-19-21(28-13-27-19)22(26-3)20(15)17(23)12-16(24)10-14-6-4-5-7-18(14)25-2/h4-7,11,16-17,24H,8-10,12-13H2,1-3H3/t16-,17-/m1/s1. The van der Waals surface area contributed by atoms with Gasteiger partial charge in [0.25, 0.3) is 0 Å². The van der Waals surface area contributed by atoms with Crippen molar-refractivity contribution in [1.29, 1.82) is 0 Å². The minimum atomic E-state index is -0.509. The van der Waals surface area contributed by atoms with Crippen LogP contribution in [-0.4, -0.2) is 50.7 Å². The first-order chi connectivity index (χ1) is 13.6. The molecule has 150 valence electrons. The van der Waals surface area contributed by atoms with Gasteiger partial charge in [0.1, 0.15) is 5.75 Å². The zero-order valence-electron chi connectivity index (χ0n) is 16.6. The molecule has 2 aromatic carbocycles. The Morgan fingerprint density at radius 2 is 2.04 bits per heavy atom. The molecule has 6 nitrogen and oxygen atoms in total. The van der Waals surface area contributed by atoms with E-state index in [1.807, 2.05) is 24.3 Å². The van der Waals surface area contributed by atoms with E-state index >= 15 is 0 Å². The van der Waals surface area contributed by atoms with Crippen molar-refractivity contribution in [3.63, 3.8) is 0 Å². The molecule has 0 unspecified atom stereocenters. The molecule has 4 rings (SSSR count). The zero-order chi connectivity index (χ0) is 19.7. The van der Waals surface area contributed by atoms with E-state index in [9.17, 15) is 5.11 Å². The average Bonchev–Trinajstić information content (AvgIpc) is 3.17. The van der Waals surface area contributed by atoms with Crippen LogP contribution in [0.25, 0.3) is 0 Å². The van der Waals surface area contributed by atoms with Crippen molar-refractivity contribution in [2.75, 3.05) is 34.6 Å². The lowest BCUT2D eigenvalue weighted by Crippen LogP contribution is -2.35. The maximum atomic E-state index is 10.9. The van der Waals surface area contributed by atoms with E-state index in [4.69, 9.17) is 18.9 Å². The van der Waals surface area contributed by atoms with Crippen molar-refractivity contribution in [1.82, 2.24) is 4.90 Å². The van der Waals surface area contributed by atoms with Gasteiger partial charge >= 0.3 is 0 Å². The molecule has 2 aliphatic rings. The normalized spacial score (nSPS) is 19.2. The highest BCUT2D eigenvalue weighted by Crippen LogP contribution is 2.50. The number of para-hydroxylation sites is 1. The molecular weight excluding hydrogens is 358 g/mol. The third-order valence-electron chi connectivity index (χ3n) is 5.69. The topological polar surface area (TPSA) is 60.4 Å².